The highest BCUT2D eigenvalue weighted by Gasteiger charge is 2.40. The van der Waals surface area contributed by atoms with E-state index in [2.05, 4.69) is 20.9 Å². The highest BCUT2D eigenvalue weighted by Crippen LogP contribution is 2.29. The van der Waals surface area contributed by atoms with E-state index in [0.717, 1.165) is 4.47 Å². The summed E-state index contributed by atoms with van der Waals surface area (Å²) in [6.07, 6.45) is 1.16. The van der Waals surface area contributed by atoms with Crippen molar-refractivity contribution < 1.29 is 17.1 Å². The minimum absolute atomic E-state index is 0.192. The van der Waals surface area contributed by atoms with Crippen LogP contribution in [0.25, 0.3) is 0 Å². The molecule has 18 heavy (non-hydrogen) atoms. The number of pyridine rings is 1. The molecule has 98 valence electrons. The van der Waals surface area contributed by atoms with Gasteiger partial charge in [0.25, 0.3) is 0 Å². The minimum Gasteiger partial charge on any atom is -0.294 e. The van der Waals surface area contributed by atoms with Gasteiger partial charge in [-0.15, -0.1) is 3.89 Å². The smallest absolute Gasteiger partial charge is 0.294 e. The van der Waals surface area contributed by atoms with Gasteiger partial charge in [-0.25, -0.2) is 4.98 Å². The molecule has 1 aliphatic heterocycles. The standard InChI is InChI=1S/C9H7BrFIN2O3S/c10-5-1-7(12)9(13-3-5)14-4-6(2-8(14)15)18(11,16)17/h1,3,6H,2,4H2. The second-order valence-corrected chi connectivity index (χ2v) is 7.46. The Morgan fingerprint density at radius 2 is 2.22 bits per heavy atom. The van der Waals surface area contributed by atoms with Crippen LogP contribution >= 0.6 is 38.5 Å². The molecule has 1 saturated heterocycles. The number of carbonyl (C=O) groups is 1. The number of amides is 1. The molecule has 5 nitrogen and oxygen atoms in total. The zero-order valence-corrected chi connectivity index (χ0v) is 13.4. The number of hydrogen-bond donors (Lipinski definition) is 0. The van der Waals surface area contributed by atoms with Gasteiger partial charge in [-0.05, 0) is 44.6 Å². The van der Waals surface area contributed by atoms with Crippen LogP contribution in [-0.4, -0.2) is 31.1 Å². The Balaban J connectivity index is 2.33. The number of halogens is 3. The van der Waals surface area contributed by atoms with Crippen LogP contribution in [0.1, 0.15) is 6.42 Å². The molecule has 1 amide bonds. The van der Waals surface area contributed by atoms with E-state index < -0.39 is 21.4 Å². The molecule has 0 aliphatic carbocycles. The van der Waals surface area contributed by atoms with Crippen molar-refractivity contribution in [2.75, 3.05) is 11.4 Å². The molecule has 0 bridgehead atoms. The van der Waals surface area contributed by atoms with Gasteiger partial charge in [0.1, 0.15) is 11.1 Å². The molecule has 1 atom stereocenters. The predicted octanol–water partition coefficient (Wildman–Crippen LogP) is 1.85. The maximum absolute atomic E-state index is 12.9. The summed E-state index contributed by atoms with van der Waals surface area (Å²) in [7, 11) is -4.70. The first-order chi connectivity index (χ1) is 8.29. The third-order valence-electron chi connectivity index (χ3n) is 2.53. The van der Waals surface area contributed by atoms with E-state index in [0.29, 0.717) is 9.39 Å². The topological polar surface area (TPSA) is 67.3 Å². The number of anilines is 1. The summed E-state index contributed by atoms with van der Waals surface area (Å²) in [5, 5.41) is -1.30. The molecule has 1 unspecified atom stereocenters. The van der Waals surface area contributed by atoms with Crippen LogP contribution in [0.3, 0.4) is 0 Å². The van der Waals surface area contributed by atoms with E-state index in [-0.39, 0.29) is 13.0 Å². The Bertz CT molecular complexity index is 610. The van der Waals surface area contributed by atoms with E-state index in [1.54, 1.807) is 6.07 Å². The monoisotopic (exact) mass is 448 g/mol. The molecule has 2 heterocycles. The fourth-order valence-electron chi connectivity index (χ4n) is 1.67. The average molecular weight is 449 g/mol. The lowest BCUT2D eigenvalue weighted by atomic mass is 10.4. The van der Waals surface area contributed by atoms with Crippen LogP contribution in [0.5, 0.6) is 0 Å². The van der Waals surface area contributed by atoms with Crippen LogP contribution in [-0.2, 0) is 15.0 Å². The third-order valence-corrected chi connectivity index (χ3v) is 4.87. The molecule has 2 rings (SSSR count). The summed E-state index contributed by atoms with van der Waals surface area (Å²) in [4.78, 5) is 17.0. The molecule has 0 spiro atoms. The lowest BCUT2D eigenvalue weighted by molar-refractivity contribution is -0.117. The summed E-state index contributed by atoms with van der Waals surface area (Å²) >= 11 is 5.22. The molecular formula is C9H7BrFIN2O3S. The SMILES string of the molecule is O=C1CC(S(=O)(=O)F)CN1c1ncc(Br)cc1I. The van der Waals surface area contributed by atoms with Gasteiger partial charge in [0.05, 0.1) is 3.57 Å². The van der Waals surface area contributed by atoms with Crippen LogP contribution in [0, 0.1) is 3.57 Å². The van der Waals surface area contributed by atoms with Gasteiger partial charge in [0, 0.05) is 23.6 Å². The number of hydrogen-bond acceptors (Lipinski definition) is 4. The van der Waals surface area contributed by atoms with Crippen molar-refractivity contribution in [3.05, 3.63) is 20.3 Å². The molecule has 1 aromatic heterocycles. The van der Waals surface area contributed by atoms with Crippen LogP contribution in [0.4, 0.5) is 9.70 Å². The highest BCUT2D eigenvalue weighted by molar-refractivity contribution is 14.1. The van der Waals surface area contributed by atoms with E-state index >= 15 is 0 Å². The third kappa shape index (κ3) is 2.82. The first kappa shape index (κ1) is 14.1. The van der Waals surface area contributed by atoms with E-state index in [1.165, 1.54) is 11.1 Å². The van der Waals surface area contributed by atoms with Gasteiger partial charge in [0.2, 0.25) is 5.91 Å². The summed E-state index contributed by atoms with van der Waals surface area (Å²) in [6, 6.07) is 1.74. The number of aromatic nitrogens is 1. The highest BCUT2D eigenvalue weighted by atomic mass is 127. The van der Waals surface area contributed by atoms with Gasteiger partial charge in [-0.2, -0.15) is 8.42 Å². The zero-order valence-electron chi connectivity index (χ0n) is 8.81. The zero-order chi connectivity index (χ0) is 13.5. The summed E-state index contributed by atoms with van der Waals surface area (Å²) in [6.45, 7) is -0.192. The Morgan fingerprint density at radius 1 is 1.56 bits per heavy atom. The molecule has 0 N–H and O–H groups in total. The largest absolute Gasteiger partial charge is 0.307 e. The summed E-state index contributed by atoms with van der Waals surface area (Å²) in [5.41, 5.74) is 0. The molecular weight excluding hydrogens is 442 g/mol. The molecule has 1 fully saturated rings. The quantitative estimate of drug-likeness (QED) is 0.511. The van der Waals surface area contributed by atoms with Gasteiger partial charge in [-0.3, -0.25) is 9.69 Å². The first-order valence-electron chi connectivity index (χ1n) is 4.84. The molecule has 0 saturated carbocycles. The van der Waals surface area contributed by atoms with Gasteiger partial charge >= 0.3 is 10.2 Å². The average Bonchev–Trinajstić information content (AvgIpc) is 2.60. The Morgan fingerprint density at radius 3 is 2.72 bits per heavy atom. The fraction of sp³-hybridized carbons (Fsp3) is 0.333. The van der Waals surface area contributed by atoms with Gasteiger partial charge < -0.3 is 0 Å². The van der Waals surface area contributed by atoms with E-state index in [9.17, 15) is 17.1 Å². The van der Waals surface area contributed by atoms with Crippen LogP contribution in [0.2, 0.25) is 0 Å². The lowest BCUT2D eigenvalue weighted by Crippen LogP contribution is -2.28. The van der Waals surface area contributed by atoms with Crippen molar-refractivity contribution in [2.45, 2.75) is 11.7 Å². The Labute approximate surface area is 125 Å². The van der Waals surface area contributed by atoms with Crippen LogP contribution < -0.4 is 4.90 Å². The van der Waals surface area contributed by atoms with Crippen molar-refractivity contribution in [3.8, 4) is 0 Å². The maximum Gasteiger partial charge on any atom is 0.307 e. The number of carbonyl (C=O) groups excluding carboxylic acids is 1. The van der Waals surface area contributed by atoms with Crippen molar-refractivity contribution in [1.29, 1.82) is 0 Å². The predicted molar refractivity (Wildman–Crippen MR) is 75.4 cm³/mol. The maximum atomic E-state index is 12.9. The lowest BCUT2D eigenvalue weighted by Gasteiger charge is -2.16. The molecule has 0 radical (unpaired) electrons. The second kappa shape index (κ2) is 5.00. The molecule has 1 aliphatic rings. The van der Waals surface area contributed by atoms with E-state index in [4.69, 9.17) is 0 Å². The Kier molecular flexibility index (Phi) is 3.93. The number of nitrogens with zero attached hydrogens (tertiary/aromatic N) is 2. The first-order valence-corrected chi connectivity index (χ1v) is 8.16. The summed E-state index contributed by atoms with van der Waals surface area (Å²) < 4.78 is 36.0. The van der Waals surface area contributed by atoms with Crippen LogP contribution in [0.15, 0.2) is 16.7 Å². The molecule has 1 aromatic rings. The van der Waals surface area contributed by atoms with E-state index in [1.807, 2.05) is 22.6 Å². The van der Waals surface area contributed by atoms with Crippen molar-refractivity contribution >= 4 is 60.5 Å². The summed E-state index contributed by atoms with van der Waals surface area (Å²) in [5.74, 6) is -0.0797. The van der Waals surface area contributed by atoms with Gasteiger partial charge in [-0.1, -0.05) is 0 Å². The molecule has 9 heteroatoms. The fourth-order valence-corrected chi connectivity index (χ4v) is 3.87. The Hall–Kier alpha value is -0.290. The molecule has 0 aromatic carbocycles. The van der Waals surface area contributed by atoms with Crippen molar-refractivity contribution in [2.24, 2.45) is 0 Å². The van der Waals surface area contributed by atoms with Crippen molar-refractivity contribution in [1.82, 2.24) is 4.98 Å². The normalized spacial score (nSPS) is 20.5. The van der Waals surface area contributed by atoms with Crippen molar-refractivity contribution in [3.63, 3.8) is 0 Å². The second-order valence-electron chi connectivity index (χ2n) is 3.77. The number of rotatable bonds is 2. The minimum atomic E-state index is -4.70. The van der Waals surface area contributed by atoms with Gasteiger partial charge in [0.15, 0.2) is 0 Å².